The molecular weight excluding hydrogens is 366 g/mol. The summed E-state index contributed by atoms with van der Waals surface area (Å²) in [7, 11) is 0. The lowest BCUT2D eigenvalue weighted by molar-refractivity contribution is 0.0727. The third kappa shape index (κ3) is 4.84. The molecule has 4 rings (SSSR count). The van der Waals surface area contributed by atoms with Crippen LogP contribution in [0.1, 0.15) is 28.3 Å². The lowest BCUT2D eigenvalue weighted by Gasteiger charge is -2.21. The third-order valence-corrected chi connectivity index (χ3v) is 5.22. The van der Waals surface area contributed by atoms with Crippen LogP contribution in [0.5, 0.6) is 0 Å². The maximum Gasteiger partial charge on any atom is 0.289 e. The fourth-order valence-corrected chi connectivity index (χ4v) is 3.67. The number of hydrogen-bond acceptors (Lipinski definition) is 4. The number of nitrogens with zero attached hydrogens (tertiary/aromatic N) is 3. The van der Waals surface area contributed by atoms with Gasteiger partial charge in [0.25, 0.3) is 11.5 Å². The lowest BCUT2D eigenvalue weighted by Crippen LogP contribution is -2.34. The van der Waals surface area contributed by atoms with Crippen LogP contribution in [0.15, 0.2) is 76.1 Å². The first-order chi connectivity index (χ1) is 14.2. The second-order valence-corrected chi connectivity index (χ2v) is 7.34. The van der Waals surface area contributed by atoms with Crippen LogP contribution in [-0.2, 0) is 13.1 Å². The van der Waals surface area contributed by atoms with Crippen LogP contribution in [0, 0.1) is 0 Å². The molecule has 1 aromatic carbocycles. The number of carbonyl (C=O) groups is 1. The summed E-state index contributed by atoms with van der Waals surface area (Å²) >= 11 is 0. The third-order valence-electron chi connectivity index (χ3n) is 5.22. The van der Waals surface area contributed by atoms with Crippen molar-refractivity contribution in [1.29, 1.82) is 0 Å². The molecule has 6 heteroatoms. The molecule has 2 aromatic heterocycles. The zero-order valence-corrected chi connectivity index (χ0v) is 16.4. The van der Waals surface area contributed by atoms with E-state index < -0.39 is 0 Å². The van der Waals surface area contributed by atoms with Crippen LogP contribution in [-0.4, -0.2) is 46.5 Å². The highest BCUT2D eigenvalue weighted by Gasteiger charge is 2.22. The van der Waals surface area contributed by atoms with Gasteiger partial charge in [-0.25, -0.2) is 0 Å². The Labute approximate surface area is 170 Å². The Morgan fingerprint density at radius 1 is 0.862 bits per heavy atom. The van der Waals surface area contributed by atoms with Gasteiger partial charge in [0.15, 0.2) is 5.76 Å². The molecule has 0 atom stereocenters. The van der Waals surface area contributed by atoms with Crippen molar-refractivity contribution in [2.45, 2.75) is 19.5 Å². The molecule has 1 aliphatic heterocycles. The molecule has 29 heavy (non-hydrogen) atoms. The molecule has 150 valence electrons. The molecule has 1 saturated heterocycles. The smallest absolute Gasteiger partial charge is 0.289 e. The van der Waals surface area contributed by atoms with Gasteiger partial charge in [-0.3, -0.25) is 14.5 Å². The predicted molar refractivity (Wildman–Crippen MR) is 111 cm³/mol. The first-order valence-corrected chi connectivity index (χ1v) is 9.99. The summed E-state index contributed by atoms with van der Waals surface area (Å²) < 4.78 is 7.31. The normalized spacial score (nSPS) is 15.2. The molecule has 6 nitrogen and oxygen atoms in total. The van der Waals surface area contributed by atoms with Crippen LogP contribution in [0.2, 0.25) is 0 Å². The van der Waals surface area contributed by atoms with E-state index in [1.807, 2.05) is 11.0 Å². The number of benzene rings is 1. The Morgan fingerprint density at radius 3 is 2.52 bits per heavy atom. The summed E-state index contributed by atoms with van der Waals surface area (Å²) in [6, 6.07) is 18.9. The summed E-state index contributed by atoms with van der Waals surface area (Å²) in [5.74, 6) is 0.848. The first kappa shape index (κ1) is 19.2. The van der Waals surface area contributed by atoms with E-state index >= 15 is 0 Å². The van der Waals surface area contributed by atoms with E-state index in [0.29, 0.717) is 24.6 Å². The van der Waals surface area contributed by atoms with Crippen molar-refractivity contribution in [3.8, 4) is 0 Å². The average molecular weight is 391 g/mol. The van der Waals surface area contributed by atoms with Crippen molar-refractivity contribution in [1.82, 2.24) is 14.4 Å². The van der Waals surface area contributed by atoms with Gasteiger partial charge >= 0.3 is 0 Å². The quantitative estimate of drug-likeness (QED) is 0.671. The molecule has 1 aliphatic rings. The topological polar surface area (TPSA) is 58.7 Å². The van der Waals surface area contributed by atoms with E-state index in [1.54, 1.807) is 35.0 Å². The summed E-state index contributed by atoms with van der Waals surface area (Å²) in [5, 5.41) is 0. The molecule has 0 N–H and O–H groups in total. The van der Waals surface area contributed by atoms with Crippen LogP contribution in [0.4, 0.5) is 0 Å². The number of furan rings is 1. The highest BCUT2D eigenvalue weighted by Crippen LogP contribution is 2.15. The molecule has 0 aliphatic carbocycles. The van der Waals surface area contributed by atoms with E-state index in [1.165, 1.54) is 11.6 Å². The van der Waals surface area contributed by atoms with Crippen molar-refractivity contribution in [3.63, 3.8) is 0 Å². The monoisotopic (exact) mass is 391 g/mol. The number of aromatic nitrogens is 1. The minimum absolute atomic E-state index is 0.0850. The molecule has 0 saturated carbocycles. The van der Waals surface area contributed by atoms with Crippen LogP contribution >= 0.6 is 0 Å². The van der Waals surface area contributed by atoms with Crippen LogP contribution < -0.4 is 5.56 Å². The zero-order chi connectivity index (χ0) is 20.1. The fourth-order valence-electron chi connectivity index (χ4n) is 3.67. The van der Waals surface area contributed by atoms with Gasteiger partial charge in [-0.1, -0.05) is 36.4 Å². The Hall–Kier alpha value is -3.12. The standard InChI is InChI=1S/C23H25N3O3/c27-22-9-4-5-13-26(22)18-20-10-11-21(29-20)23(28)25-14-6-12-24(15-16-25)17-19-7-2-1-3-8-19/h1-5,7-11,13H,6,12,14-18H2. The Bertz CT molecular complexity index is 1010. The summed E-state index contributed by atoms with van der Waals surface area (Å²) in [5.41, 5.74) is 1.20. The minimum atomic E-state index is -0.0946. The van der Waals surface area contributed by atoms with E-state index in [-0.39, 0.29) is 11.5 Å². The largest absolute Gasteiger partial charge is 0.454 e. The van der Waals surface area contributed by atoms with Crippen molar-refractivity contribution in [3.05, 3.63) is 94.3 Å². The first-order valence-electron chi connectivity index (χ1n) is 9.99. The van der Waals surface area contributed by atoms with Gasteiger partial charge in [-0.05, 0) is 30.2 Å². The summed E-state index contributed by atoms with van der Waals surface area (Å²) in [6.45, 7) is 4.43. The highest BCUT2D eigenvalue weighted by atomic mass is 16.4. The van der Waals surface area contributed by atoms with Crippen molar-refractivity contribution >= 4 is 5.91 Å². The maximum absolute atomic E-state index is 12.9. The second kappa shape index (κ2) is 8.92. The zero-order valence-electron chi connectivity index (χ0n) is 16.4. The molecule has 3 aromatic rings. The van der Waals surface area contributed by atoms with Crippen molar-refractivity contribution < 1.29 is 9.21 Å². The van der Waals surface area contributed by atoms with E-state index in [4.69, 9.17) is 4.42 Å². The van der Waals surface area contributed by atoms with Gasteiger partial charge in [0.1, 0.15) is 5.76 Å². The predicted octanol–water partition coefficient (Wildman–Crippen LogP) is 2.84. The SMILES string of the molecule is O=C(c1ccc(Cn2ccccc2=O)o1)N1CCCN(Cc2ccccc2)CC1. The Kier molecular flexibility index (Phi) is 5.91. The summed E-state index contributed by atoms with van der Waals surface area (Å²) in [6.07, 6.45) is 2.65. The average Bonchev–Trinajstić information content (AvgIpc) is 3.08. The molecule has 0 spiro atoms. The van der Waals surface area contributed by atoms with Crippen LogP contribution in [0.3, 0.4) is 0 Å². The minimum Gasteiger partial charge on any atom is -0.454 e. The molecule has 1 amide bonds. The number of pyridine rings is 1. The molecule has 1 fully saturated rings. The highest BCUT2D eigenvalue weighted by molar-refractivity contribution is 5.91. The van der Waals surface area contributed by atoms with Gasteiger partial charge in [-0.15, -0.1) is 0 Å². The van der Waals surface area contributed by atoms with Gasteiger partial charge in [0, 0.05) is 45.0 Å². The molecule has 0 bridgehead atoms. The molecular formula is C23H25N3O3. The number of carbonyl (C=O) groups excluding carboxylic acids is 1. The lowest BCUT2D eigenvalue weighted by atomic mass is 10.2. The van der Waals surface area contributed by atoms with E-state index in [0.717, 1.165) is 32.6 Å². The molecule has 0 unspecified atom stereocenters. The number of rotatable bonds is 5. The van der Waals surface area contributed by atoms with E-state index in [2.05, 4.69) is 29.2 Å². The molecule has 0 radical (unpaired) electrons. The number of amides is 1. The molecule has 3 heterocycles. The Morgan fingerprint density at radius 2 is 1.69 bits per heavy atom. The second-order valence-electron chi connectivity index (χ2n) is 7.34. The van der Waals surface area contributed by atoms with Crippen molar-refractivity contribution in [2.24, 2.45) is 0 Å². The fraction of sp³-hybridized carbons (Fsp3) is 0.304. The van der Waals surface area contributed by atoms with Crippen molar-refractivity contribution in [2.75, 3.05) is 26.2 Å². The maximum atomic E-state index is 12.9. The number of hydrogen-bond donors (Lipinski definition) is 0. The van der Waals surface area contributed by atoms with E-state index in [9.17, 15) is 9.59 Å². The van der Waals surface area contributed by atoms with Gasteiger partial charge < -0.3 is 13.9 Å². The van der Waals surface area contributed by atoms with Crippen LogP contribution in [0.25, 0.3) is 0 Å². The van der Waals surface area contributed by atoms with Gasteiger partial charge in [0.2, 0.25) is 0 Å². The van der Waals surface area contributed by atoms with Gasteiger partial charge in [-0.2, -0.15) is 0 Å². The van der Waals surface area contributed by atoms with Gasteiger partial charge in [0.05, 0.1) is 6.54 Å². The Balaban J connectivity index is 1.37. The summed E-state index contributed by atoms with van der Waals surface area (Å²) in [4.78, 5) is 29.0.